The highest BCUT2D eigenvalue weighted by atomic mass is 79.9. The maximum absolute atomic E-state index is 14.4. The van der Waals surface area contributed by atoms with Crippen molar-refractivity contribution in [3.05, 3.63) is 46.9 Å². The van der Waals surface area contributed by atoms with Crippen LogP contribution in [0.3, 0.4) is 0 Å². The van der Waals surface area contributed by atoms with Gasteiger partial charge in [0, 0.05) is 12.1 Å². The van der Waals surface area contributed by atoms with Crippen molar-refractivity contribution in [2.45, 2.75) is 37.8 Å². The summed E-state index contributed by atoms with van der Waals surface area (Å²) in [6, 6.07) is 9.14. The summed E-state index contributed by atoms with van der Waals surface area (Å²) < 4.78 is 17.3. The molecule has 6 heteroatoms. The molecule has 124 valence electrons. The average molecular weight is 389 g/mol. The number of aromatic nitrogens is 3. The van der Waals surface area contributed by atoms with E-state index < -0.39 is 0 Å². The van der Waals surface area contributed by atoms with Crippen LogP contribution in [0, 0.1) is 5.82 Å². The molecule has 2 unspecified atom stereocenters. The molecule has 1 aliphatic rings. The first-order chi connectivity index (χ1) is 11.6. The molecule has 0 radical (unpaired) electrons. The Bertz CT molecular complexity index is 892. The largest absolute Gasteiger partial charge is 0.328 e. The zero-order valence-corrected chi connectivity index (χ0v) is 14.7. The molecule has 4 rings (SSSR count). The second-order valence-electron chi connectivity index (χ2n) is 6.36. The maximum Gasteiger partial charge on any atom is 0.144 e. The van der Waals surface area contributed by atoms with Gasteiger partial charge in [-0.3, -0.25) is 0 Å². The van der Waals surface area contributed by atoms with Gasteiger partial charge in [0.2, 0.25) is 0 Å². The van der Waals surface area contributed by atoms with Crippen molar-refractivity contribution in [3.63, 3.8) is 0 Å². The molecule has 2 heterocycles. The third-order valence-corrected chi connectivity index (χ3v) is 5.14. The molecule has 2 N–H and O–H groups in total. The summed E-state index contributed by atoms with van der Waals surface area (Å²) in [5.41, 5.74) is 8.45. The van der Waals surface area contributed by atoms with E-state index in [0.717, 1.165) is 41.3 Å². The minimum Gasteiger partial charge on any atom is -0.328 e. The van der Waals surface area contributed by atoms with Crippen LogP contribution in [0.25, 0.3) is 22.4 Å². The molecular formula is C18H18BrFN4. The summed E-state index contributed by atoms with van der Waals surface area (Å²) in [7, 11) is 0. The molecule has 0 bridgehead atoms. The fourth-order valence-electron chi connectivity index (χ4n) is 3.61. The molecule has 24 heavy (non-hydrogen) atoms. The van der Waals surface area contributed by atoms with Gasteiger partial charge in [-0.05, 0) is 59.8 Å². The van der Waals surface area contributed by atoms with Crippen molar-refractivity contribution in [2.75, 3.05) is 0 Å². The van der Waals surface area contributed by atoms with Gasteiger partial charge in [0.15, 0.2) is 0 Å². The SMILES string of the molecule is NC1CCCC(n2c(-c3ccccc3F)nc3cnc(Br)cc32)C1. The number of hydrogen-bond acceptors (Lipinski definition) is 3. The first kappa shape index (κ1) is 15.7. The Morgan fingerprint density at radius 3 is 2.88 bits per heavy atom. The van der Waals surface area contributed by atoms with Crippen LogP contribution < -0.4 is 5.73 Å². The van der Waals surface area contributed by atoms with E-state index in [1.165, 1.54) is 6.07 Å². The Morgan fingerprint density at radius 1 is 1.25 bits per heavy atom. The molecule has 1 saturated carbocycles. The molecule has 2 atom stereocenters. The van der Waals surface area contributed by atoms with E-state index in [2.05, 4.69) is 30.5 Å². The van der Waals surface area contributed by atoms with Crippen LogP contribution in [0.1, 0.15) is 31.7 Å². The standard InChI is InChI=1S/C18H18BrFN4/c19-17-9-16-15(10-22-17)23-18(13-6-1-2-7-14(13)20)24(16)12-5-3-4-11(21)8-12/h1-2,6-7,9-12H,3-5,8,21H2. The molecule has 1 fully saturated rings. The summed E-state index contributed by atoms with van der Waals surface area (Å²) in [5.74, 6) is 0.392. The first-order valence-corrected chi connectivity index (χ1v) is 8.97. The molecule has 4 nitrogen and oxygen atoms in total. The van der Waals surface area contributed by atoms with Gasteiger partial charge in [0.1, 0.15) is 21.8 Å². The third-order valence-electron chi connectivity index (χ3n) is 4.71. The molecule has 1 aliphatic carbocycles. The molecule has 1 aromatic carbocycles. The summed E-state index contributed by atoms with van der Waals surface area (Å²) in [6.45, 7) is 0. The summed E-state index contributed by atoms with van der Waals surface area (Å²) in [6.07, 6.45) is 5.76. The smallest absolute Gasteiger partial charge is 0.144 e. The monoisotopic (exact) mass is 388 g/mol. The zero-order chi connectivity index (χ0) is 16.7. The van der Waals surface area contributed by atoms with Crippen molar-refractivity contribution < 1.29 is 4.39 Å². The number of halogens is 2. The van der Waals surface area contributed by atoms with Crippen LogP contribution in [-0.2, 0) is 0 Å². The lowest BCUT2D eigenvalue weighted by molar-refractivity contribution is 0.327. The summed E-state index contributed by atoms with van der Waals surface area (Å²) in [5, 5.41) is 0. The van der Waals surface area contributed by atoms with Gasteiger partial charge in [0.05, 0.1) is 17.3 Å². The lowest BCUT2D eigenvalue weighted by atomic mass is 9.91. The minimum absolute atomic E-state index is 0.181. The van der Waals surface area contributed by atoms with Crippen LogP contribution in [0.2, 0.25) is 0 Å². The van der Waals surface area contributed by atoms with Crippen LogP contribution >= 0.6 is 15.9 Å². The Morgan fingerprint density at radius 2 is 2.08 bits per heavy atom. The van der Waals surface area contributed by atoms with Crippen LogP contribution in [0.5, 0.6) is 0 Å². The normalized spacial score (nSPS) is 21.3. The van der Waals surface area contributed by atoms with Gasteiger partial charge in [-0.25, -0.2) is 14.4 Å². The number of rotatable bonds is 2. The van der Waals surface area contributed by atoms with Crippen molar-refractivity contribution in [1.82, 2.24) is 14.5 Å². The van der Waals surface area contributed by atoms with E-state index in [0.29, 0.717) is 11.4 Å². The van der Waals surface area contributed by atoms with E-state index in [4.69, 9.17) is 5.73 Å². The highest BCUT2D eigenvalue weighted by Crippen LogP contribution is 2.36. The number of hydrogen-bond donors (Lipinski definition) is 1. The fraction of sp³-hybridized carbons (Fsp3) is 0.333. The Kier molecular flexibility index (Phi) is 4.10. The van der Waals surface area contributed by atoms with Crippen molar-refractivity contribution in [2.24, 2.45) is 5.73 Å². The maximum atomic E-state index is 14.4. The molecular weight excluding hydrogens is 371 g/mol. The van der Waals surface area contributed by atoms with E-state index >= 15 is 0 Å². The van der Waals surface area contributed by atoms with Crippen molar-refractivity contribution in [3.8, 4) is 11.4 Å². The first-order valence-electron chi connectivity index (χ1n) is 8.17. The predicted octanol–water partition coefficient (Wildman–Crippen LogP) is 4.44. The topological polar surface area (TPSA) is 56.7 Å². The Labute approximate surface area is 148 Å². The van der Waals surface area contributed by atoms with E-state index in [1.54, 1.807) is 18.3 Å². The number of imidazole rings is 1. The van der Waals surface area contributed by atoms with Crippen molar-refractivity contribution in [1.29, 1.82) is 0 Å². The molecule has 2 aromatic heterocycles. The van der Waals surface area contributed by atoms with E-state index in [1.807, 2.05) is 12.1 Å². The van der Waals surface area contributed by atoms with Gasteiger partial charge < -0.3 is 10.3 Å². The molecule has 0 amide bonds. The van der Waals surface area contributed by atoms with Crippen LogP contribution in [0.15, 0.2) is 41.1 Å². The van der Waals surface area contributed by atoms with Gasteiger partial charge in [-0.1, -0.05) is 12.1 Å². The van der Waals surface area contributed by atoms with Gasteiger partial charge in [0.25, 0.3) is 0 Å². The van der Waals surface area contributed by atoms with Gasteiger partial charge in [-0.2, -0.15) is 0 Å². The number of benzene rings is 1. The quantitative estimate of drug-likeness (QED) is 0.660. The number of nitrogens with two attached hydrogens (primary N) is 1. The second kappa shape index (κ2) is 6.26. The Hall–Kier alpha value is -1.79. The molecule has 0 spiro atoms. The lowest BCUT2D eigenvalue weighted by Gasteiger charge is -2.29. The average Bonchev–Trinajstić information content (AvgIpc) is 2.93. The second-order valence-corrected chi connectivity index (χ2v) is 7.17. The fourth-order valence-corrected chi connectivity index (χ4v) is 3.93. The van der Waals surface area contributed by atoms with Crippen molar-refractivity contribution >= 4 is 27.0 Å². The number of fused-ring (bicyclic) bond motifs is 1. The molecule has 3 aromatic rings. The number of nitrogens with zero attached hydrogens (tertiary/aromatic N) is 3. The van der Waals surface area contributed by atoms with Gasteiger partial charge >= 0.3 is 0 Å². The van der Waals surface area contributed by atoms with E-state index in [9.17, 15) is 4.39 Å². The van der Waals surface area contributed by atoms with Gasteiger partial charge in [-0.15, -0.1) is 0 Å². The third kappa shape index (κ3) is 2.74. The van der Waals surface area contributed by atoms with Crippen LogP contribution in [-0.4, -0.2) is 20.6 Å². The van der Waals surface area contributed by atoms with E-state index in [-0.39, 0.29) is 17.9 Å². The zero-order valence-electron chi connectivity index (χ0n) is 13.1. The highest BCUT2D eigenvalue weighted by molar-refractivity contribution is 9.10. The Balaban J connectivity index is 1.95. The summed E-state index contributed by atoms with van der Waals surface area (Å²) in [4.78, 5) is 8.94. The lowest BCUT2D eigenvalue weighted by Crippen LogP contribution is -2.29. The number of pyridine rings is 1. The predicted molar refractivity (Wildman–Crippen MR) is 96.1 cm³/mol. The van der Waals surface area contributed by atoms with Crippen LogP contribution in [0.4, 0.5) is 4.39 Å². The molecule has 0 saturated heterocycles. The highest BCUT2D eigenvalue weighted by Gasteiger charge is 2.26. The summed E-state index contributed by atoms with van der Waals surface area (Å²) >= 11 is 3.43. The molecule has 0 aliphatic heterocycles. The minimum atomic E-state index is -0.263.